The predicted octanol–water partition coefficient (Wildman–Crippen LogP) is 11.8. The average molecular weight is 966 g/mol. The van der Waals surface area contributed by atoms with Gasteiger partial charge in [-0.3, -0.25) is 4.79 Å². The van der Waals surface area contributed by atoms with E-state index < -0.39 is 46.3 Å². The lowest BCUT2D eigenvalue weighted by Gasteiger charge is -2.11. The van der Waals surface area contributed by atoms with Gasteiger partial charge in [-0.1, -0.05) is 116 Å². The minimum Gasteiger partial charge on any atom is -0.476 e. The van der Waals surface area contributed by atoms with Crippen molar-refractivity contribution >= 4 is 94.7 Å². The number of aromatic carboxylic acids is 1. The number of fused-ring (bicyclic) bond motifs is 3. The van der Waals surface area contributed by atoms with Crippen LogP contribution in [0, 0.1) is 0 Å². The molecule has 0 saturated carbocycles. The zero-order valence-corrected chi connectivity index (χ0v) is 33.2. The summed E-state index contributed by atoms with van der Waals surface area (Å²) in [4.78, 5) is 32.4. The zero-order valence-electron chi connectivity index (χ0n) is 28.5. The number of carbonyl (C=O) groups excluding carboxylic acids is 1. The molecule has 0 bridgehead atoms. The van der Waals surface area contributed by atoms with Gasteiger partial charge in [0, 0.05) is 31.1 Å². The maximum absolute atomic E-state index is 13.9. The Kier molecular flexibility index (Phi) is 11.0. The van der Waals surface area contributed by atoms with Gasteiger partial charge in [0.25, 0.3) is 5.91 Å². The number of rotatable bonds is 5. The van der Waals surface area contributed by atoms with Crippen LogP contribution in [0.1, 0.15) is 32.4 Å². The Morgan fingerprint density at radius 2 is 1.09 bits per heavy atom. The molecule has 0 spiro atoms. The van der Waals surface area contributed by atoms with Crippen LogP contribution in [0.4, 0.5) is 32.0 Å². The Balaban J connectivity index is 0.000000188. The average Bonchev–Trinajstić information content (AvgIpc) is 3.70. The highest BCUT2D eigenvalue weighted by atomic mass is 79.9. The van der Waals surface area contributed by atoms with E-state index in [4.69, 9.17) is 28.3 Å². The quantitative estimate of drug-likeness (QED) is 0.164. The van der Waals surface area contributed by atoms with Crippen molar-refractivity contribution in [2.45, 2.75) is 12.4 Å². The van der Waals surface area contributed by atoms with E-state index in [1.807, 2.05) is 30.3 Å². The Bertz CT molecular complexity index is 2900. The molecule has 0 saturated heterocycles. The number of hydrogen-bond donors (Lipinski definition) is 2. The first-order valence-corrected chi connectivity index (χ1v) is 18.6. The van der Waals surface area contributed by atoms with Crippen LogP contribution in [-0.4, -0.2) is 46.2 Å². The van der Waals surface area contributed by atoms with Crippen molar-refractivity contribution in [1.82, 2.24) is 29.2 Å². The zero-order chi connectivity index (χ0) is 41.7. The number of alkyl halides is 6. The van der Waals surface area contributed by atoms with Gasteiger partial charge >= 0.3 is 18.3 Å². The SMILES string of the molecule is O=C(Nc1cccc2ccccc12)c1nn2c(C(F)(F)F)cc(-c3ccc(Br)cc3)nc2c1Cl.O=C(O)c1nn2c(C(F)(F)F)cc(-c3ccc(Br)cc3)nc2c1Cl. The van der Waals surface area contributed by atoms with Gasteiger partial charge < -0.3 is 10.4 Å². The number of nitrogens with zero attached hydrogens (tertiary/aromatic N) is 6. The van der Waals surface area contributed by atoms with Crippen molar-refractivity contribution < 1.29 is 41.0 Å². The van der Waals surface area contributed by atoms with Gasteiger partial charge in [-0.05, 0) is 47.9 Å². The predicted molar refractivity (Wildman–Crippen MR) is 211 cm³/mol. The monoisotopic (exact) mass is 963 g/mol. The highest BCUT2D eigenvalue weighted by Gasteiger charge is 2.38. The Hall–Kier alpha value is -5.56. The molecule has 294 valence electrons. The van der Waals surface area contributed by atoms with E-state index in [2.05, 4.69) is 57.3 Å². The summed E-state index contributed by atoms with van der Waals surface area (Å²) in [6.45, 7) is 0. The number of carbonyl (C=O) groups is 2. The summed E-state index contributed by atoms with van der Waals surface area (Å²) >= 11 is 18.7. The molecule has 0 radical (unpaired) electrons. The number of halogens is 10. The second-order valence-corrected chi connectivity index (χ2v) is 14.7. The lowest BCUT2D eigenvalue weighted by atomic mass is 10.1. The summed E-state index contributed by atoms with van der Waals surface area (Å²) in [5.41, 5.74) is -2.55. The molecule has 58 heavy (non-hydrogen) atoms. The van der Waals surface area contributed by atoms with Crippen molar-refractivity contribution in [2.75, 3.05) is 5.32 Å². The molecule has 4 aromatic heterocycles. The number of aromatic nitrogens is 6. The Morgan fingerprint density at radius 1 is 0.638 bits per heavy atom. The Labute approximate surface area is 348 Å². The molecule has 4 heterocycles. The number of carboxylic acids is 1. The maximum atomic E-state index is 13.9. The maximum Gasteiger partial charge on any atom is 0.433 e. The summed E-state index contributed by atoms with van der Waals surface area (Å²) in [5, 5.41) is 19.9. The summed E-state index contributed by atoms with van der Waals surface area (Å²) in [6.07, 6.45) is -9.53. The van der Waals surface area contributed by atoms with E-state index in [1.54, 1.807) is 60.7 Å². The summed E-state index contributed by atoms with van der Waals surface area (Å²) < 4.78 is 84.2. The molecule has 0 atom stereocenters. The van der Waals surface area contributed by atoms with Crippen LogP contribution in [-0.2, 0) is 12.4 Å². The molecule has 0 unspecified atom stereocenters. The molecule has 0 aliphatic rings. The lowest BCUT2D eigenvalue weighted by Crippen LogP contribution is -2.16. The van der Waals surface area contributed by atoms with Gasteiger partial charge in [-0.2, -0.15) is 36.5 Å². The Morgan fingerprint density at radius 3 is 1.57 bits per heavy atom. The van der Waals surface area contributed by atoms with Gasteiger partial charge in [-0.25, -0.2) is 23.8 Å². The van der Waals surface area contributed by atoms with Crippen molar-refractivity contribution in [2.24, 2.45) is 0 Å². The van der Waals surface area contributed by atoms with Crippen LogP contribution in [0.15, 0.2) is 112 Å². The molecule has 8 rings (SSSR count). The first-order chi connectivity index (χ1) is 27.4. The molecule has 0 aliphatic carbocycles. The van der Waals surface area contributed by atoms with E-state index in [9.17, 15) is 35.9 Å². The fourth-order valence-electron chi connectivity index (χ4n) is 5.72. The molecule has 1 amide bonds. The molecular formula is C38H19Br2Cl2F6N7O3. The molecule has 20 heteroatoms. The van der Waals surface area contributed by atoms with Gasteiger partial charge in [0.2, 0.25) is 0 Å². The second-order valence-electron chi connectivity index (χ2n) is 12.1. The van der Waals surface area contributed by atoms with Gasteiger partial charge in [0.15, 0.2) is 34.1 Å². The summed E-state index contributed by atoms with van der Waals surface area (Å²) in [6, 6.07) is 27.5. The fourth-order valence-corrected chi connectivity index (χ4v) is 6.74. The van der Waals surface area contributed by atoms with Crippen molar-refractivity contribution in [3.8, 4) is 22.5 Å². The third-order valence-corrected chi connectivity index (χ3v) is 10.1. The molecule has 0 aliphatic heterocycles. The smallest absolute Gasteiger partial charge is 0.433 e. The van der Waals surface area contributed by atoms with Crippen LogP contribution < -0.4 is 5.32 Å². The van der Waals surface area contributed by atoms with Crippen molar-refractivity contribution in [3.05, 3.63) is 145 Å². The van der Waals surface area contributed by atoms with E-state index in [1.165, 1.54) is 0 Å². The normalized spacial score (nSPS) is 11.8. The van der Waals surface area contributed by atoms with Gasteiger partial charge in [-0.15, -0.1) is 0 Å². The number of benzene rings is 4. The molecular weight excluding hydrogens is 947 g/mol. The van der Waals surface area contributed by atoms with Crippen molar-refractivity contribution in [3.63, 3.8) is 0 Å². The summed E-state index contributed by atoms with van der Waals surface area (Å²) in [5.74, 6) is -2.28. The van der Waals surface area contributed by atoms with Crippen LogP contribution in [0.5, 0.6) is 0 Å². The minimum absolute atomic E-state index is 0.000985. The van der Waals surface area contributed by atoms with E-state index in [0.29, 0.717) is 25.8 Å². The number of nitrogens with one attached hydrogen (secondary N) is 1. The largest absolute Gasteiger partial charge is 0.476 e. The molecule has 4 aromatic carbocycles. The van der Waals surface area contributed by atoms with Crippen LogP contribution in [0.2, 0.25) is 10.0 Å². The van der Waals surface area contributed by atoms with E-state index >= 15 is 0 Å². The van der Waals surface area contributed by atoms with Crippen LogP contribution >= 0.6 is 55.1 Å². The summed E-state index contributed by atoms with van der Waals surface area (Å²) in [7, 11) is 0. The molecule has 0 fully saturated rings. The number of carboxylic acid groups (broad SMARTS) is 1. The third-order valence-electron chi connectivity index (χ3n) is 8.38. The standard InChI is InChI=1S/C24H13BrClF3N4O.C14H6BrClF3N3O2/c25-15-10-8-14(9-11-15)18-12-19(24(27,28)29)33-22(30-18)20(26)21(32-33)23(34)31-17-7-3-5-13-4-1-2-6-16(13)17;15-7-3-1-6(2-4-7)8-5-9(14(17,18)19)22-12(20-8)10(16)11(21-22)13(23)24/h1-12H,(H,31,34);1-5H,(H,23,24). The van der Waals surface area contributed by atoms with Crippen LogP contribution in [0.3, 0.4) is 0 Å². The van der Waals surface area contributed by atoms with Gasteiger partial charge in [0.1, 0.15) is 10.0 Å². The van der Waals surface area contributed by atoms with E-state index in [-0.39, 0.29) is 33.4 Å². The molecule has 8 aromatic rings. The number of amides is 1. The highest BCUT2D eigenvalue weighted by Crippen LogP contribution is 2.37. The second kappa shape index (κ2) is 15.7. The highest BCUT2D eigenvalue weighted by molar-refractivity contribution is 9.10. The third kappa shape index (κ3) is 8.09. The number of hydrogen-bond acceptors (Lipinski definition) is 6. The number of anilines is 1. The molecule has 2 N–H and O–H groups in total. The van der Waals surface area contributed by atoms with Crippen molar-refractivity contribution in [1.29, 1.82) is 0 Å². The minimum atomic E-state index is -4.77. The molecule has 10 nitrogen and oxygen atoms in total. The van der Waals surface area contributed by atoms with E-state index in [0.717, 1.165) is 31.9 Å². The van der Waals surface area contributed by atoms with Gasteiger partial charge in [0.05, 0.1) is 11.4 Å². The fraction of sp³-hybridized carbons (Fsp3) is 0.0526. The first-order valence-electron chi connectivity index (χ1n) is 16.3. The topological polar surface area (TPSA) is 127 Å². The first kappa shape index (κ1) is 40.6. The van der Waals surface area contributed by atoms with Crippen LogP contribution in [0.25, 0.3) is 44.6 Å². The lowest BCUT2D eigenvalue weighted by molar-refractivity contribution is -0.143.